The molecule has 11 heteroatoms. The number of hydrogen-bond acceptors (Lipinski definition) is 5. The molecule has 1 unspecified atom stereocenters. The van der Waals surface area contributed by atoms with E-state index in [4.69, 9.17) is 4.74 Å². The van der Waals surface area contributed by atoms with E-state index in [0.717, 1.165) is 75.0 Å². The molecule has 6 nitrogen and oxygen atoms in total. The van der Waals surface area contributed by atoms with E-state index >= 15 is 0 Å². The maximum atomic E-state index is 12.6. The van der Waals surface area contributed by atoms with Crippen molar-refractivity contribution in [3.05, 3.63) is 16.1 Å². The lowest BCUT2D eigenvalue weighted by Crippen LogP contribution is -2.46. The fourth-order valence-electron chi connectivity index (χ4n) is 3.41. The molecular formula is C17H27F3IN5OS. The highest BCUT2D eigenvalue weighted by atomic mass is 127. The first-order valence-electron chi connectivity index (χ1n) is 9.34. The van der Waals surface area contributed by atoms with E-state index in [-0.39, 0.29) is 24.0 Å². The Morgan fingerprint density at radius 3 is 2.75 bits per heavy atom. The van der Waals surface area contributed by atoms with Gasteiger partial charge in [-0.05, 0) is 13.3 Å². The van der Waals surface area contributed by atoms with Gasteiger partial charge in [-0.15, -0.1) is 35.3 Å². The minimum Gasteiger partial charge on any atom is -0.379 e. The number of guanidine groups is 1. The zero-order valence-corrected chi connectivity index (χ0v) is 19.0. The van der Waals surface area contributed by atoms with Gasteiger partial charge in [-0.2, -0.15) is 13.2 Å². The monoisotopic (exact) mass is 533 g/mol. The van der Waals surface area contributed by atoms with E-state index < -0.39 is 11.9 Å². The summed E-state index contributed by atoms with van der Waals surface area (Å²) in [7, 11) is 0. The van der Waals surface area contributed by atoms with Crippen LogP contribution in [0.3, 0.4) is 0 Å². The van der Waals surface area contributed by atoms with Gasteiger partial charge in [0.15, 0.2) is 11.7 Å². The molecule has 1 aromatic rings. The van der Waals surface area contributed by atoms with Gasteiger partial charge < -0.3 is 15.0 Å². The largest absolute Gasteiger partial charge is 0.434 e. The molecular weight excluding hydrogens is 506 g/mol. The number of rotatable bonds is 5. The zero-order valence-electron chi connectivity index (χ0n) is 15.9. The third-order valence-corrected chi connectivity index (χ3v) is 5.70. The van der Waals surface area contributed by atoms with Crippen LogP contribution in [-0.4, -0.2) is 79.3 Å². The number of aliphatic imine (C=N–C) groups is 1. The van der Waals surface area contributed by atoms with Crippen LogP contribution in [0.4, 0.5) is 13.2 Å². The Bertz CT molecular complexity index is 637. The Balaban J connectivity index is 0.00000280. The second kappa shape index (κ2) is 10.9. The summed E-state index contributed by atoms with van der Waals surface area (Å²) >= 11 is 1.04. The molecule has 0 saturated carbocycles. The van der Waals surface area contributed by atoms with Gasteiger partial charge in [0.2, 0.25) is 0 Å². The minimum absolute atomic E-state index is 0. The van der Waals surface area contributed by atoms with Crippen molar-refractivity contribution in [2.24, 2.45) is 4.99 Å². The molecule has 1 N–H and O–H groups in total. The molecule has 2 aliphatic rings. The fourth-order valence-corrected chi connectivity index (χ4v) is 4.21. The van der Waals surface area contributed by atoms with E-state index in [1.165, 1.54) is 0 Å². The SMILES string of the molecule is CCNC(=NCCc1nc(C(F)(F)F)cs1)N1CCC(N2CCOCC2)C1.I. The van der Waals surface area contributed by atoms with Crippen LogP contribution >= 0.6 is 35.3 Å². The van der Waals surface area contributed by atoms with E-state index in [9.17, 15) is 13.2 Å². The van der Waals surface area contributed by atoms with Gasteiger partial charge in [0.25, 0.3) is 0 Å². The van der Waals surface area contributed by atoms with E-state index in [1.807, 2.05) is 6.92 Å². The maximum Gasteiger partial charge on any atom is 0.434 e. The van der Waals surface area contributed by atoms with Gasteiger partial charge >= 0.3 is 6.18 Å². The van der Waals surface area contributed by atoms with Crippen LogP contribution in [-0.2, 0) is 17.3 Å². The third kappa shape index (κ3) is 6.42. The molecule has 0 radical (unpaired) electrons. The second-order valence-electron chi connectivity index (χ2n) is 6.65. The van der Waals surface area contributed by atoms with Crippen molar-refractivity contribution in [2.45, 2.75) is 32.0 Å². The first-order chi connectivity index (χ1) is 13.0. The molecule has 2 fully saturated rings. The van der Waals surface area contributed by atoms with Gasteiger partial charge in [-0.1, -0.05) is 0 Å². The molecule has 0 aromatic carbocycles. The third-order valence-electron chi connectivity index (χ3n) is 4.79. The van der Waals surface area contributed by atoms with Gasteiger partial charge in [-0.25, -0.2) is 4.98 Å². The van der Waals surface area contributed by atoms with Crippen LogP contribution in [0.25, 0.3) is 0 Å². The van der Waals surface area contributed by atoms with E-state index in [2.05, 4.69) is 25.1 Å². The van der Waals surface area contributed by atoms with Crippen molar-refractivity contribution in [3.8, 4) is 0 Å². The molecule has 1 aromatic heterocycles. The van der Waals surface area contributed by atoms with Crippen LogP contribution in [0.1, 0.15) is 24.0 Å². The maximum absolute atomic E-state index is 12.6. The van der Waals surface area contributed by atoms with Crippen LogP contribution in [0, 0.1) is 0 Å². The van der Waals surface area contributed by atoms with Gasteiger partial charge in [0.1, 0.15) is 0 Å². The number of ether oxygens (including phenoxy) is 1. The highest BCUT2D eigenvalue weighted by Crippen LogP contribution is 2.30. The normalized spacial score (nSPS) is 21.6. The number of morpholine rings is 1. The molecule has 1 atom stereocenters. The molecule has 3 heterocycles. The number of nitrogens with one attached hydrogen (secondary N) is 1. The summed E-state index contributed by atoms with van der Waals surface area (Å²) in [5.74, 6) is 0.834. The predicted molar refractivity (Wildman–Crippen MR) is 115 cm³/mol. The lowest BCUT2D eigenvalue weighted by Gasteiger charge is -2.32. The average molecular weight is 533 g/mol. The molecule has 2 saturated heterocycles. The van der Waals surface area contributed by atoms with E-state index in [0.29, 0.717) is 24.0 Å². The number of halogens is 4. The van der Waals surface area contributed by atoms with Crippen molar-refractivity contribution in [3.63, 3.8) is 0 Å². The van der Waals surface area contributed by atoms with Crippen LogP contribution in [0.2, 0.25) is 0 Å². The van der Waals surface area contributed by atoms with Crippen molar-refractivity contribution < 1.29 is 17.9 Å². The number of nitrogens with zero attached hydrogens (tertiary/aromatic N) is 4. The molecule has 3 rings (SSSR count). The summed E-state index contributed by atoms with van der Waals surface area (Å²) in [6, 6.07) is 0.506. The first kappa shape index (κ1) is 23.6. The molecule has 160 valence electrons. The quantitative estimate of drug-likeness (QED) is 0.359. The summed E-state index contributed by atoms with van der Waals surface area (Å²) < 4.78 is 43.3. The lowest BCUT2D eigenvalue weighted by atomic mass is 10.2. The summed E-state index contributed by atoms with van der Waals surface area (Å²) in [5, 5.41) is 4.83. The van der Waals surface area contributed by atoms with Crippen LogP contribution in [0.5, 0.6) is 0 Å². The van der Waals surface area contributed by atoms with Crippen LogP contribution in [0.15, 0.2) is 10.4 Å². The predicted octanol–water partition coefficient (Wildman–Crippen LogP) is 2.69. The molecule has 28 heavy (non-hydrogen) atoms. The second-order valence-corrected chi connectivity index (χ2v) is 7.59. The van der Waals surface area contributed by atoms with Crippen molar-refractivity contribution >= 4 is 41.3 Å². The Morgan fingerprint density at radius 2 is 2.11 bits per heavy atom. The zero-order chi connectivity index (χ0) is 19.3. The Morgan fingerprint density at radius 1 is 1.36 bits per heavy atom. The fraction of sp³-hybridized carbons (Fsp3) is 0.765. The number of aromatic nitrogens is 1. The summed E-state index contributed by atoms with van der Waals surface area (Å²) in [6.45, 7) is 8.57. The Labute approximate surface area is 184 Å². The molecule has 0 spiro atoms. The standard InChI is InChI=1S/C17H26F3N5OS.HI/c1-2-21-16(22-5-3-15-23-14(12-27-15)17(18,19)20)25-6-4-13(11-25)24-7-9-26-10-8-24;/h12-13H,2-11H2,1H3,(H,21,22);1H. The number of likely N-dealkylation sites (tertiary alicyclic amines) is 1. The smallest absolute Gasteiger partial charge is 0.379 e. The molecule has 0 bridgehead atoms. The Hall–Kier alpha value is -0.660. The van der Waals surface area contributed by atoms with Crippen molar-refractivity contribution in [2.75, 3.05) is 52.5 Å². The Kier molecular flexibility index (Phi) is 9.22. The highest BCUT2D eigenvalue weighted by molar-refractivity contribution is 14.0. The van der Waals surface area contributed by atoms with E-state index in [1.54, 1.807) is 0 Å². The number of thiazole rings is 1. The molecule has 0 amide bonds. The number of hydrogen-bond donors (Lipinski definition) is 1. The number of alkyl halides is 3. The summed E-state index contributed by atoms with van der Waals surface area (Å²) in [4.78, 5) is 13.0. The molecule has 2 aliphatic heterocycles. The van der Waals surface area contributed by atoms with Gasteiger partial charge in [0, 0.05) is 57.1 Å². The summed E-state index contributed by atoms with van der Waals surface area (Å²) in [6.07, 6.45) is -2.88. The van der Waals surface area contributed by atoms with Crippen molar-refractivity contribution in [1.82, 2.24) is 20.1 Å². The van der Waals surface area contributed by atoms with Gasteiger partial charge in [-0.3, -0.25) is 9.89 Å². The lowest BCUT2D eigenvalue weighted by molar-refractivity contribution is -0.140. The average Bonchev–Trinajstić information content (AvgIpc) is 3.31. The highest BCUT2D eigenvalue weighted by Gasteiger charge is 2.33. The minimum atomic E-state index is -4.38. The van der Waals surface area contributed by atoms with Crippen LogP contribution < -0.4 is 5.32 Å². The first-order valence-corrected chi connectivity index (χ1v) is 10.2. The van der Waals surface area contributed by atoms with Crippen molar-refractivity contribution in [1.29, 1.82) is 0 Å². The summed E-state index contributed by atoms with van der Waals surface area (Å²) in [5.41, 5.74) is -0.814. The van der Waals surface area contributed by atoms with Gasteiger partial charge in [0.05, 0.1) is 18.2 Å². The molecule has 0 aliphatic carbocycles. The topological polar surface area (TPSA) is 53.0 Å².